The van der Waals surface area contributed by atoms with Gasteiger partial charge in [-0.05, 0) is 30.4 Å². The van der Waals surface area contributed by atoms with Gasteiger partial charge in [-0.2, -0.15) is 0 Å². The van der Waals surface area contributed by atoms with Crippen LogP contribution in [-0.4, -0.2) is 5.91 Å². The van der Waals surface area contributed by atoms with Crippen LogP contribution in [0.5, 0.6) is 0 Å². The Balaban J connectivity index is 2.32. The third-order valence-corrected chi connectivity index (χ3v) is 3.24. The first-order valence-corrected chi connectivity index (χ1v) is 5.34. The average molecular weight is 225 g/mol. The van der Waals surface area contributed by atoms with Gasteiger partial charge in [0.05, 0.1) is 0 Å². The molecule has 1 saturated carbocycles. The largest absolute Gasteiger partial charge is 0.369 e. The van der Waals surface area contributed by atoms with Gasteiger partial charge in [0.15, 0.2) is 0 Å². The van der Waals surface area contributed by atoms with E-state index in [4.69, 9.17) is 5.73 Å². The summed E-state index contributed by atoms with van der Waals surface area (Å²) in [5.41, 5.74) is 5.68. The molecule has 1 aromatic rings. The zero-order valence-electron chi connectivity index (χ0n) is 8.75. The normalized spacial score (nSPS) is 24.6. The second kappa shape index (κ2) is 4.20. The van der Waals surface area contributed by atoms with E-state index in [1.165, 1.54) is 12.1 Å². The van der Waals surface area contributed by atoms with E-state index in [0.717, 1.165) is 18.9 Å². The lowest BCUT2D eigenvalue weighted by Gasteiger charge is -2.17. The molecule has 86 valence electrons. The van der Waals surface area contributed by atoms with Crippen molar-refractivity contribution in [3.8, 4) is 0 Å². The number of carbonyl (C=O) groups is 1. The topological polar surface area (TPSA) is 43.1 Å². The molecule has 1 fully saturated rings. The van der Waals surface area contributed by atoms with Gasteiger partial charge < -0.3 is 5.73 Å². The molecular formula is C12H13F2NO. The number of benzene rings is 1. The number of amides is 1. The molecule has 2 N–H and O–H groups in total. The number of hydrogen-bond acceptors (Lipinski definition) is 1. The zero-order chi connectivity index (χ0) is 11.7. The summed E-state index contributed by atoms with van der Waals surface area (Å²) in [4.78, 5) is 11.2. The van der Waals surface area contributed by atoms with Crippen molar-refractivity contribution >= 4 is 5.91 Å². The second-order valence-corrected chi connectivity index (χ2v) is 4.21. The Hall–Kier alpha value is -1.45. The van der Waals surface area contributed by atoms with Gasteiger partial charge in [-0.3, -0.25) is 4.79 Å². The quantitative estimate of drug-likeness (QED) is 0.824. The van der Waals surface area contributed by atoms with Gasteiger partial charge in [0, 0.05) is 12.0 Å². The molecule has 1 aromatic carbocycles. The number of rotatable bonds is 2. The maximum Gasteiger partial charge on any atom is 0.221 e. The van der Waals surface area contributed by atoms with E-state index >= 15 is 0 Å². The van der Waals surface area contributed by atoms with E-state index in [9.17, 15) is 13.6 Å². The number of nitrogens with two attached hydrogens (primary N) is 1. The summed E-state index contributed by atoms with van der Waals surface area (Å²) in [7, 11) is 0. The SMILES string of the molecule is NC(=O)C1CCCC1c1ccc(F)cc1F. The standard InChI is InChI=1S/C12H13F2NO/c13-7-4-5-9(11(14)6-7)8-2-1-3-10(8)12(15)16/h4-6,8,10H,1-3H2,(H2,15,16). The number of hydrogen-bond donors (Lipinski definition) is 1. The van der Waals surface area contributed by atoms with Gasteiger partial charge in [-0.15, -0.1) is 0 Å². The lowest BCUT2D eigenvalue weighted by molar-refractivity contribution is -0.122. The highest BCUT2D eigenvalue weighted by atomic mass is 19.1. The van der Waals surface area contributed by atoms with Crippen LogP contribution in [0.3, 0.4) is 0 Å². The molecule has 4 heteroatoms. The highest BCUT2D eigenvalue weighted by Crippen LogP contribution is 2.40. The summed E-state index contributed by atoms with van der Waals surface area (Å²) in [6, 6.07) is 3.48. The summed E-state index contributed by atoms with van der Waals surface area (Å²) in [6.07, 6.45) is 2.28. The van der Waals surface area contributed by atoms with E-state index < -0.39 is 17.5 Å². The van der Waals surface area contributed by atoms with Crippen molar-refractivity contribution in [3.63, 3.8) is 0 Å². The Morgan fingerprint density at radius 3 is 2.69 bits per heavy atom. The molecule has 0 heterocycles. The Kier molecular flexibility index (Phi) is 2.90. The van der Waals surface area contributed by atoms with Crippen molar-refractivity contribution in [1.82, 2.24) is 0 Å². The van der Waals surface area contributed by atoms with Crippen molar-refractivity contribution < 1.29 is 13.6 Å². The molecule has 16 heavy (non-hydrogen) atoms. The van der Waals surface area contributed by atoms with Crippen molar-refractivity contribution in [1.29, 1.82) is 0 Å². The summed E-state index contributed by atoms with van der Waals surface area (Å²) in [5.74, 6) is -2.10. The minimum absolute atomic E-state index is 0.196. The summed E-state index contributed by atoms with van der Waals surface area (Å²) < 4.78 is 26.3. The van der Waals surface area contributed by atoms with Crippen molar-refractivity contribution in [3.05, 3.63) is 35.4 Å². The molecule has 1 amide bonds. The van der Waals surface area contributed by atoms with E-state index in [1.54, 1.807) is 0 Å². The Morgan fingerprint density at radius 1 is 1.31 bits per heavy atom. The van der Waals surface area contributed by atoms with Crippen molar-refractivity contribution in [2.24, 2.45) is 11.7 Å². The fourth-order valence-electron chi connectivity index (χ4n) is 2.48. The maximum absolute atomic E-state index is 13.5. The highest BCUT2D eigenvalue weighted by Gasteiger charge is 2.34. The van der Waals surface area contributed by atoms with Crippen LogP contribution in [0, 0.1) is 17.6 Å². The van der Waals surface area contributed by atoms with Crippen molar-refractivity contribution in [2.45, 2.75) is 25.2 Å². The van der Waals surface area contributed by atoms with Gasteiger partial charge >= 0.3 is 0 Å². The van der Waals surface area contributed by atoms with Gasteiger partial charge in [0.25, 0.3) is 0 Å². The van der Waals surface area contributed by atoms with Gasteiger partial charge in [0.2, 0.25) is 5.91 Å². The minimum Gasteiger partial charge on any atom is -0.369 e. The predicted molar refractivity (Wildman–Crippen MR) is 55.6 cm³/mol. The molecule has 2 nitrogen and oxygen atoms in total. The zero-order valence-corrected chi connectivity index (χ0v) is 8.75. The first-order valence-electron chi connectivity index (χ1n) is 5.34. The first-order chi connectivity index (χ1) is 7.59. The molecule has 0 aliphatic heterocycles. The molecule has 0 bridgehead atoms. The molecule has 2 rings (SSSR count). The van der Waals surface area contributed by atoms with Gasteiger partial charge in [-0.1, -0.05) is 12.5 Å². The third-order valence-electron chi connectivity index (χ3n) is 3.24. The first kappa shape index (κ1) is 11.0. The van der Waals surface area contributed by atoms with E-state index in [-0.39, 0.29) is 11.8 Å². The van der Waals surface area contributed by atoms with E-state index in [1.807, 2.05) is 0 Å². The van der Waals surface area contributed by atoms with Crippen LogP contribution in [0.25, 0.3) is 0 Å². The van der Waals surface area contributed by atoms with Crippen LogP contribution in [0.2, 0.25) is 0 Å². The number of primary amides is 1. The molecule has 2 unspecified atom stereocenters. The minimum atomic E-state index is -0.602. The van der Waals surface area contributed by atoms with E-state index in [0.29, 0.717) is 12.0 Å². The molecule has 0 radical (unpaired) electrons. The Morgan fingerprint density at radius 2 is 2.06 bits per heavy atom. The number of halogens is 2. The average Bonchev–Trinajstić information content (AvgIpc) is 2.66. The molecule has 1 aliphatic rings. The molecule has 0 aromatic heterocycles. The smallest absolute Gasteiger partial charge is 0.221 e. The monoisotopic (exact) mass is 225 g/mol. The maximum atomic E-state index is 13.5. The van der Waals surface area contributed by atoms with Gasteiger partial charge in [-0.25, -0.2) is 8.78 Å². The Bertz CT molecular complexity index is 419. The highest BCUT2D eigenvalue weighted by molar-refractivity contribution is 5.78. The Labute approximate surface area is 92.4 Å². The summed E-state index contributed by atoms with van der Waals surface area (Å²) in [5, 5.41) is 0. The lowest BCUT2D eigenvalue weighted by atomic mass is 9.88. The molecule has 0 spiro atoms. The summed E-state index contributed by atoms with van der Waals surface area (Å²) >= 11 is 0. The fraction of sp³-hybridized carbons (Fsp3) is 0.417. The van der Waals surface area contributed by atoms with Crippen LogP contribution in [-0.2, 0) is 4.79 Å². The van der Waals surface area contributed by atoms with Gasteiger partial charge in [0.1, 0.15) is 11.6 Å². The van der Waals surface area contributed by atoms with Crippen LogP contribution in [0.4, 0.5) is 8.78 Å². The predicted octanol–water partition coefficient (Wildman–Crippen LogP) is 2.33. The molecule has 1 aliphatic carbocycles. The fourth-order valence-corrected chi connectivity index (χ4v) is 2.48. The lowest BCUT2D eigenvalue weighted by Crippen LogP contribution is -2.25. The number of carbonyl (C=O) groups excluding carboxylic acids is 1. The summed E-state index contributed by atoms with van der Waals surface area (Å²) in [6.45, 7) is 0. The van der Waals surface area contributed by atoms with Crippen LogP contribution in [0.1, 0.15) is 30.7 Å². The third kappa shape index (κ3) is 1.92. The van der Waals surface area contributed by atoms with Crippen LogP contribution < -0.4 is 5.73 Å². The van der Waals surface area contributed by atoms with Crippen LogP contribution in [0.15, 0.2) is 18.2 Å². The van der Waals surface area contributed by atoms with Crippen LogP contribution >= 0.6 is 0 Å². The molecular weight excluding hydrogens is 212 g/mol. The van der Waals surface area contributed by atoms with E-state index in [2.05, 4.69) is 0 Å². The molecule has 0 saturated heterocycles. The molecule has 2 atom stereocenters. The van der Waals surface area contributed by atoms with Crippen molar-refractivity contribution in [2.75, 3.05) is 0 Å². The second-order valence-electron chi connectivity index (χ2n) is 4.21.